The van der Waals surface area contributed by atoms with E-state index in [0.717, 1.165) is 12.1 Å². The fourth-order valence-corrected chi connectivity index (χ4v) is 3.08. The van der Waals surface area contributed by atoms with Crippen molar-refractivity contribution in [1.29, 1.82) is 0 Å². The molecule has 0 radical (unpaired) electrons. The van der Waals surface area contributed by atoms with E-state index in [1.165, 1.54) is 45.2 Å². The van der Waals surface area contributed by atoms with Crippen molar-refractivity contribution in [3.63, 3.8) is 0 Å². The van der Waals surface area contributed by atoms with Crippen molar-refractivity contribution >= 4 is 0 Å². The van der Waals surface area contributed by atoms with Gasteiger partial charge in [-0.1, -0.05) is 13.8 Å². The summed E-state index contributed by atoms with van der Waals surface area (Å²) in [5.41, 5.74) is 0.602. The summed E-state index contributed by atoms with van der Waals surface area (Å²) in [4.78, 5) is 2.65. The van der Waals surface area contributed by atoms with Gasteiger partial charge in [0.25, 0.3) is 0 Å². The minimum Gasteiger partial charge on any atom is -0.315 e. The molecular weight excluding hydrogens is 184 g/mol. The average Bonchev–Trinajstić information content (AvgIpc) is 2.69. The Morgan fingerprint density at radius 2 is 1.73 bits per heavy atom. The molecule has 1 atom stereocenters. The van der Waals surface area contributed by atoms with Gasteiger partial charge in [0.1, 0.15) is 0 Å². The van der Waals surface area contributed by atoms with Gasteiger partial charge in [0.05, 0.1) is 0 Å². The standard InChI is InChI=1S/C13H26N2/c1-13(2)7-4-11(5-8-13)15(3)12-6-9-14-10-12/h11-12,14H,4-10H2,1-3H3. The summed E-state index contributed by atoms with van der Waals surface area (Å²) in [6, 6.07) is 1.65. The van der Waals surface area contributed by atoms with E-state index in [4.69, 9.17) is 0 Å². The number of likely N-dealkylation sites (N-methyl/N-ethyl adjacent to an activating group) is 1. The summed E-state index contributed by atoms with van der Waals surface area (Å²) >= 11 is 0. The molecule has 1 saturated heterocycles. The maximum Gasteiger partial charge on any atom is 0.0232 e. The second-order valence-electron chi connectivity index (χ2n) is 6.21. The van der Waals surface area contributed by atoms with Gasteiger partial charge < -0.3 is 5.32 Å². The summed E-state index contributed by atoms with van der Waals surface area (Å²) in [5.74, 6) is 0. The maximum absolute atomic E-state index is 3.47. The molecule has 2 aliphatic rings. The van der Waals surface area contributed by atoms with Crippen molar-refractivity contribution in [3.8, 4) is 0 Å². The van der Waals surface area contributed by atoms with Crippen molar-refractivity contribution in [2.75, 3.05) is 20.1 Å². The van der Waals surface area contributed by atoms with E-state index in [0.29, 0.717) is 5.41 Å². The minimum absolute atomic E-state index is 0.602. The zero-order valence-corrected chi connectivity index (χ0v) is 10.6. The van der Waals surface area contributed by atoms with Crippen LogP contribution >= 0.6 is 0 Å². The highest BCUT2D eigenvalue weighted by Gasteiger charge is 2.31. The van der Waals surface area contributed by atoms with Crippen LogP contribution in [0.4, 0.5) is 0 Å². The first kappa shape index (κ1) is 11.4. The van der Waals surface area contributed by atoms with Crippen molar-refractivity contribution in [3.05, 3.63) is 0 Å². The van der Waals surface area contributed by atoms with E-state index >= 15 is 0 Å². The van der Waals surface area contributed by atoms with Gasteiger partial charge in [-0.05, 0) is 51.1 Å². The molecule has 0 aromatic rings. The maximum atomic E-state index is 3.47. The number of rotatable bonds is 2. The molecule has 1 N–H and O–H groups in total. The van der Waals surface area contributed by atoms with Gasteiger partial charge in [-0.25, -0.2) is 0 Å². The van der Waals surface area contributed by atoms with E-state index in [2.05, 4.69) is 31.1 Å². The van der Waals surface area contributed by atoms with Crippen molar-refractivity contribution in [2.45, 2.75) is 58.0 Å². The summed E-state index contributed by atoms with van der Waals surface area (Å²) in [5, 5.41) is 3.47. The number of nitrogens with zero attached hydrogens (tertiary/aromatic N) is 1. The number of hydrogen-bond donors (Lipinski definition) is 1. The first-order valence-corrected chi connectivity index (χ1v) is 6.51. The molecule has 2 heteroatoms. The lowest BCUT2D eigenvalue weighted by molar-refractivity contribution is 0.100. The van der Waals surface area contributed by atoms with Crippen molar-refractivity contribution < 1.29 is 0 Å². The third kappa shape index (κ3) is 2.73. The van der Waals surface area contributed by atoms with E-state index in [1.807, 2.05) is 0 Å². The molecule has 88 valence electrons. The molecule has 1 aliphatic carbocycles. The SMILES string of the molecule is CN(C1CCC(C)(C)CC1)C1CCNC1. The Labute approximate surface area is 94.4 Å². The second kappa shape index (κ2) is 4.42. The Kier molecular flexibility index (Phi) is 3.36. The molecule has 15 heavy (non-hydrogen) atoms. The van der Waals surface area contributed by atoms with Gasteiger partial charge in [0.15, 0.2) is 0 Å². The van der Waals surface area contributed by atoms with Crippen LogP contribution in [0.1, 0.15) is 46.0 Å². The first-order valence-electron chi connectivity index (χ1n) is 6.51. The van der Waals surface area contributed by atoms with Crippen molar-refractivity contribution in [2.24, 2.45) is 5.41 Å². The molecule has 0 aromatic heterocycles. The summed E-state index contributed by atoms with van der Waals surface area (Å²) in [6.45, 7) is 7.25. The van der Waals surface area contributed by atoms with Gasteiger partial charge in [0, 0.05) is 18.6 Å². The van der Waals surface area contributed by atoms with Crippen molar-refractivity contribution in [1.82, 2.24) is 10.2 Å². The van der Waals surface area contributed by atoms with Crippen LogP contribution in [-0.4, -0.2) is 37.1 Å². The van der Waals surface area contributed by atoms with Gasteiger partial charge >= 0.3 is 0 Å². The quantitative estimate of drug-likeness (QED) is 0.752. The van der Waals surface area contributed by atoms with Gasteiger partial charge in [-0.3, -0.25) is 4.90 Å². The molecular formula is C13H26N2. The third-order valence-corrected chi connectivity index (χ3v) is 4.49. The summed E-state index contributed by atoms with van der Waals surface area (Å²) in [6.07, 6.45) is 6.96. The van der Waals surface area contributed by atoms with Crippen LogP contribution in [0.3, 0.4) is 0 Å². The third-order valence-electron chi connectivity index (χ3n) is 4.49. The number of hydrogen-bond acceptors (Lipinski definition) is 2. The van der Waals surface area contributed by atoms with Crippen LogP contribution in [0.15, 0.2) is 0 Å². The lowest BCUT2D eigenvalue weighted by atomic mass is 9.75. The van der Waals surface area contributed by atoms with Gasteiger partial charge in [-0.15, -0.1) is 0 Å². The Morgan fingerprint density at radius 1 is 1.07 bits per heavy atom. The molecule has 0 spiro atoms. The Hall–Kier alpha value is -0.0800. The zero-order chi connectivity index (χ0) is 10.9. The van der Waals surface area contributed by atoms with E-state index in [1.54, 1.807) is 0 Å². The summed E-state index contributed by atoms with van der Waals surface area (Å²) in [7, 11) is 2.33. The van der Waals surface area contributed by atoms with E-state index in [-0.39, 0.29) is 0 Å². The Balaban J connectivity index is 1.84. The molecule has 1 saturated carbocycles. The smallest absolute Gasteiger partial charge is 0.0232 e. The summed E-state index contributed by atoms with van der Waals surface area (Å²) < 4.78 is 0. The van der Waals surface area contributed by atoms with Crippen LogP contribution in [-0.2, 0) is 0 Å². The molecule has 0 aromatic carbocycles. The normalized spacial score (nSPS) is 32.4. The van der Waals surface area contributed by atoms with Crippen LogP contribution in [0.5, 0.6) is 0 Å². The lowest BCUT2D eigenvalue weighted by Gasteiger charge is -2.40. The molecule has 1 unspecified atom stereocenters. The highest BCUT2D eigenvalue weighted by molar-refractivity contribution is 4.88. The molecule has 1 heterocycles. The van der Waals surface area contributed by atoms with Crippen LogP contribution in [0.25, 0.3) is 0 Å². The second-order valence-corrected chi connectivity index (χ2v) is 6.21. The van der Waals surface area contributed by atoms with Crippen LogP contribution < -0.4 is 5.32 Å². The van der Waals surface area contributed by atoms with E-state index in [9.17, 15) is 0 Å². The van der Waals surface area contributed by atoms with E-state index < -0.39 is 0 Å². The fourth-order valence-electron chi connectivity index (χ4n) is 3.08. The molecule has 0 bridgehead atoms. The van der Waals surface area contributed by atoms with Crippen LogP contribution in [0, 0.1) is 5.41 Å². The average molecular weight is 210 g/mol. The van der Waals surface area contributed by atoms with Gasteiger partial charge in [0.2, 0.25) is 0 Å². The highest BCUT2D eigenvalue weighted by atomic mass is 15.2. The predicted molar refractivity (Wildman–Crippen MR) is 65.1 cm³/mol. The zero-order valence-electron chi connectivity index (χ0n) is 10.6. The highest BCUT2D eigenvalue weighted by Crippen LogP contribution is 2.37. The number of nitrogens with one attached hydrogen (secondary N) is 1. The minimum atomic E-state index is 0.602. The first-order chi connectivity index (χ1) is 7.08. The Bertz CT molecular complexity index is 197. The van der Waals surface area contributed by atoms with Gasteiger partial charge in [-0.2, -0.15) is 0 Å². The molecule has 0 amide bonds. The molecule has 2 nitrogen and oxygen atoms in total. The molecule has 1 aliphatic heterocycles. The molecule has 2 rings (SSSR count). The van der Waals surface area contributed by atoms with Crippen LogP contribution in [0.2, 0.25) is 0 Å². The Morgan fingerprint density at radius 3 is 2.27 bits per heavy atom. The topological polar surface area (TPSA) is 15.3 Å². The fraction of sp³-hybridized carbons (Fsp3) is 1.00. The monoisotopic (exact) mass is 210 g/mol. The lowest BCUT2D eigenvalue weighted by Crippen LogP contribution is -2.44. The molecule has 2 fully saturated rings. The largest absolute Gasteiger partial charge is 0.315 e. The predicted octanol–water partition coefficient (Wildman–Crippen LogP) is 2.25.